The van der Waals surface area contributed by atoms with Crippen molar-refractivity contribution in [1.29, 1.82) is 5.26 Å². The molecular weight excluding hydrogens is 344 g/mol. The summed E-state index contributed by atoms with van der Waals surface area (Å²) in [6, 6.07) is 19.4. The molecule has 0 N–H and O–H groups in total. The lowest BCUT2D eigenvalue weighted by Crippen LogP contribution is -2.32. The molecule has 0 heterocycles. The van der Waals surface area contributed by atoms with Crippen LogP contribution in [0.2, 0.25) is 0 Å². The van der Waals surface area contributed by atoms with Crippen LogP contribution in [-0.4, -0.2) is 43.6 Å². The summed E-state index contributed by atoms with van der Waals surface area (Å²) >= 11 is 0. The molecular formula is C21H22N2O4. The Morgan fingerprint density at radius 2 is 1.74 bits per heavy atom. The average Bonchev–Trinajstić information content (AvgIpc) is 2.70. The van der Waals surface area contributed by atoms with Gasteiger partial charge in [-0.3, -0.25) is 4.79 Å². The number of rotatable bonds is 9. The van der Waals surface area contributed by atoms with E-state index in [1.165, 1.54) is 4.90 Å². The highest BCUT2D eigenvalue weighted by Crippen LogP contribution is 2.21. The van der Waals surface area contributed by atoms with Crippen LogP contribution in [0.4, 0.5) is 0 Å². The number of nitrogens with zero attached hydrogens (tertiary/aromatic N) is 2. The molecule has 0 unspecified atom stereocenters. The second-order valence-electron chi connectivity index (χ2n) is 5.94. The van der Waals surface area contributed by atoms with Gasteiger partial charge in [-0.25, -0.2) is 4.79 Å². The molecule has 2 aromatic carbocycles. The van der Waals surface area contributed by atoms with Gasteiger partial charge in [0.1, 0.15) is 5.75 Å². The van der Waals surface area contributed by atoms with Crippen molar-refractivity contribution < 1.29 is 19.1 Å². The van der Waals surface area contributed by atoms with Crippen LogP contribution in [0.1, 0.15) is 17.5 Å². The highest BCUT2D eigenvalue weighted by molar-refractivity contribution is 5.80. The Bertz CT molecular complexity index is 799. The van der Waals surface area contributed by atoms with E-state index in [-0.39, 0.29) is 25.5 Å². The van der Waals surface area contributed by atoms with Crippen LogP contribution in [0.25, 0.3) is 0 Å². The van der Waals surface area contributed by atoms with E-state index in [0.717, 1.165) is 11.1 Å². The number of carbonyl (C=O) groups excluding carboxylic acids is 2. The van der Waals surface area contributed by atoms with Crippen molar-refractivity contribution in [3.63, 3.8) is 0 Å². The van der Waals surface area contributed by atoms with Crippen LogP contribution in [0.15, 0.2) is 54.6 Å². The first-order valence-electron chi connectivity index (χ1n) is 8.61. The first-order valence-corrected chi connectivity index (χ1v) is 8.61. The predicted octanol–water partition coefficient (Wildman–Crippen LogP) is 2.57. The number of carbonyl (C=O) groups is 2. The van der Waals surface area contributed by atoms with Gasteiger partial charge in [0.15, 0.2) is 13.2 Å². The fourth-order valence-corrected chi connectivity index (χ4v) is 2.38. The number of esters is 1. The Morgan fingerprint density at radius 3 is 2.48 bits per heavy atom. The summed E-state index contributed by atoms with van der Waals surface area (Å²) < 4.78 is 10.5. The maximum Gasteiger partial charge on any atom is 0.344 e. The van der Waals surface area contributed by atoms with E-state index in [4.69, 9.17) is 14.7 Å². The maximum absolute atomic E-state index is 11.9. The molecule has 27 heavy (non-hydrogen) atoms. The Hall–Kier alpha value is -3.33. The number of benzene rings is 2. The first-order chi connectivity index (χ1) is 13.1. The SMILES string of the molecule is CN(CCC#N)C(=O)COC(=O)COc1ccccc1Cc1ccccc1. The van der Waals surface area contributed by atoms with E-state index in [2.05, 4.69) is 0 Å². The van der Waals surface area contributed by atoms with Crippen LogP contribution in [0.3, 0.4) is 0 Å². The number of hydrogen-bond donors (Lipinski definition) is 0. The molecule has 0 aliphatic carbocycles. The topological polar surface area (TPSA) is 79.6 Å². The lowest BCUT2D eigenvalue weighted by molar-refractivity contribution is -0.153. The molecule has 0 atom stereocenters. The van der Waals surface area contributed by atoms with Gasteiger partial charge in [0, 0.05) is 20.0 Å². The zero-order valence-electron chi connectivity index (χ0n) is 15.3. The fourth-order valence-electron chi connectivity index (χ4n) is 2.38. The van der Waals surface area contributed by atoms with Gasteiger partial charge in [-0.15, -0.1) is 0 Å². The fraction of sp³-hybridized carbons (Fsp3) is 0.286. The van der Waals surface area contributed by atoms with E-state index < -0.39 is 5.97 Å². The van der Waals surface area contributed by atoms with E-state index in [9.17, 15) is 9.59 Å². The van der Waals surface area contributed by atoms with Gasteiger partial charge in [-0.05, 0) is 17.2 Å². The minimum Gasteiger partial charge on any atom is -0.482 e. The number of hydrogen-bond acceptors (Lipinski definition) is 5. The third kappa shape index (κ3) is 6.83. The lowest BCUT2D eigenvalue weighted by Gasteiger charge is -2.15. The van der Waals surface area contributed by atoms with Gasteiger partial charge in [0.2, 0.25) is 0 Å². The smallest absolute Gasteiger partial charge is 0.344 e. The Labute approximate surface area is 158 Å². The molecule has 0 fully saturated rings. The van der Waals surface area contributed by atoms with Crippen LogP contribution in [0.5, 0.6) is 5.75 Å². The molecule has 0 aromatic heterocycles. The molecule has 1 amide bonds. The van der Waals surface area contributed by atoms with Crippen molar-refractivity contribution in [1.82, 2.24) is 4.90 Å². The van der Waals surface area contributed by atoms with E-state index in [1.54, 1.807) is 13.1 Å². The Morgan fingerprint density at radius 1 is 1.04 bits per heavy atom. The van der Waals surface area contributed by atoms with Gasteiger partial charge < -0.3 is 14.4 Å². The lowest BCUT2D eigenvalue weighted by atomic mass is 10.0. The maximum atomic E-state index is 11.9. The average molecular weight is 366 g/mol. The number of nitriles is 1. The van der Waals surface area contributed by atoms with Crippen molar-refractivity contribution in [3.8, 4) is 11.8 Å². The largest absolute Gasteiger partial charge is 0.482 e. The zero-order valence-corrected chi connectivity index (χ0v) is 15.3. The Kier molecular flexibility index (Phi) is 7.86. The van der Waals surface area contributed by atoms with E-state index in [1.807, 2.05) is 54.6 Å². The molecule has 0 bridgehead atoms. The number of amides is 1. The van der Waals surface area contributed by atoms with Crippen LogP contribution < -0.4 is 4.74 Å². The monoisotopic (exact) mass is 366 g/mol. The molecule has 0 aliphatic rings. The van der Waals surface area contributed by atoms with E-state index in [0.29, 0.717) is 18.7 Å². The summed E-state index contributed by atoms with van der Waals surface area (Å²) in [6.45, 7) is -0.340. The predicted molar refractivity (Wildman–Crippen MR) is 100 cm³/mol. The minimum atomic E-state index is -0.619. The molecule has 0 saturated carbocycles. The quantitative estimate of drug-likeness (QED) is 0.637. The summed E-state index contributed by atoms with van der Waals surface area (Å²) in [6.07, 6.45) is 0.922. The van der Waals surface area contributed by atoms with Gasteiger partial charge in [-0.1, -0.05) is 48.5 Å². The molecule has 0 saturated heterocycles. The second-order valence-corrected chi connectivity index (χ2v) is 5.94. The zero-order chi connectivity index (χ0) is 19.5. The molecule has 2 rings (SSSR count). The van der Waals surface area contributed by atoms with E-state index >= 15 is 0 Å². The number of para-hydroxylation sites is 1. The van der Waals surface area contributed by atoms with Gasteiger partial charge in [0.05, 0.1) is 12.5 Å². The normalized spacial score (nSPS) is 9.93. The molecule has 0 radical (unpaired) electrons. The summed E-state index contributed by atoms with van der Waals surface area (Å²) in [7, 11) is 1.56. The summed E-state index contributed by atoms with van der Waals surface area (Å²) in [4.78, 5) is 25.0. The van der Waals surface area contributed by atoms with Crippen molar-refractivity contribution in [2.75, 3.05) is 26.8 Å². The van der Waals surface area contributed by atoms with Crippen LogP contribution in [-0.2, 0) is 20.7 Å². The van der Waals surface area contributed by atoms with Gasteiger partial charge >= 0.3 is 5.97 Å². The highest BCUT2D eigenvalue weighted by atomic mass is 16.6. The third-order valence-electron chi connectivity index (χ3n) is 3.90. The van der Waals surface area contributed by atoms with Crippen molar-refractivity contribution in [2.24, 2.45) is 0 Å². The standard InChI is InChI=1S/C21H22N2O4/c1-23(13-7-12-22)20(24)15-27-21(25)16-26-19-11-6-5-10-18(19)14-17-8-3-2-4-9-17/h2-6,8-11H,7,13-16H2,1H3. The van der Waals surface area contributed by atoms with Crippen molar-refractivity contribution in [2.45, 2.75) is 12.8 Å². The second kappa shape index (κ2) is 10.6. The van der Waals surface area contributed by atoms with Gasteiger partial charge in [-0.2, -0.15) is 5.26 Å². The number of likely N-dealkylation sites (N-methyl/N-ethyl adjacent to an activating group) is 1. The summed E-state index contributed by atoms with van der Waals surface area (Å²) in [5.74, 6) is -0.370. The Balaban J connectivity index is 1.83. The molecule has 140 valence electrons. The molecule has 0 spiro atoms. The molecule has 6 heteroatoms. The van der Waals surface area contributed by atoms with Crippen LogP contribution >= 0.6 is 0 Å². The summed E-state index contributed by atoms with van der Waals surface area (Å²) in [5.41, 5.74) is 2.10. The molecule has 6 nitrogen and oxygen atoms in total. The van der Waals surface area contributed by atoms with Crippen LogP contribution in [0, 0.1) is 11.3 Å². The molecule has 2 aromatic rings. The highest BCUT2D eigenvalue weighted by Gasteiger charge is 2.13. The summed E-state index contributed by atoms with van der Waals surface area (Å²) in [5, 5.41) is 8.52. The minimum absolute atomic E-state index is 0.234. The van der Waals surface area contributed by atoms with Crippen molar-refractivity contribution in [3.05, 3.63) is 65.7 Å². The first kappa shape index (κ1) is 20.0. The molecule has 0 aliphatic heterocycles. The van der Waals surface area contributed by atoms with Gasteiger partial charge in [0.25, 0.3) is 5.91 Å². The number of ether oxygens (including phenoxy) is 2. The van der Waals surface area contributed by atoms with Crippen molar-refractivity contribution >= 4 is 11.9 Å². The third-order valence-corrected chi connectivity index (χ3v) is 3.90.